The van der Waals surface area contributed by atoms with Crippen LogP contribution >= 0.6 is 10.2 Å². The number of hydrogen-bond acceptors (Lipinski definition) is 2. The molecule has 2 rings (SSSR count). The molecule has 0 radical (unpaired) electrons. The summed E-state index contributed by atoms with van der Waals surface area (Å²) >= 11 is 0.292. The van der Waals surface area contributed by atoms with Crippen LogP contribution < -0.4 is 9.78 Å². The molecule has 0 saturated heterocycles. The minimum absolute atomic E-state index is 0.0224. The van der Waals surface area contributed by atoms with Crippen LogP contribution in [0.25, 0.3) is 0 Å². The maximum absolute atomic E-state index is 12.4. The Morgan fingerprint density at radius 1 is 1.10 bits per heavy atom. The Morgan fingerprint density at radius 3 is 2.55 bits per heavy atom. The summed E-state index contributed by atoms with van der Waals surface area (Å²) in [5.74, 6) is 1.13. The fourth-order valence-electron chi connectivity index (χ4n) is 1.64. The first kappa shape index (κ1) is 15.2. The second kappa shape index (κ2) is 8.15. The predicted molar refractivity (Wildman–Crippen MR) is 89.0 cm³/mol. The average Bonchev–Trinajstić information content (AvgIpc) is 2.49. The van der Waals surface area contributed by atoms with Crippen LogP contribution in [0.4, 0.5) is 5.69 Å². The molecule has 0 fully saturated rings. The van der Waals surface area contributed by atoms with Crippen molar-refractivity contribution < 1.29 is 4.79 Å². The van der Waals surface area contributed by atoms with E-state index in [1.807, 2.05) is 58.7 Å². The molecular formula is C16H17NOSSe. The first-order chi connectivity index (χ1) is 9.81. The van der Waals surface area contributed by atoms with Crippen LogP contribution in [-0.2, 0) is 0 Å². The van der Waals surface area contributed by atoms with Crippen LogP contribution in [0.5, 0.6) is 0 Å². The number of anilines is 1. The van der Waals surface area contributed by atoms with E-state index in [0.717, 1.165) is 21.5 Å². The standard InChI is InChI=1S/C16H17NOSSe/c1-2-12-19-20-15-11-7-6-10-14(15)16(18)17-13-8-4-3-5-9-13/h3-11H,2,12H2,1H3,(H,17,18). The van der Waals surface area contributed by atoms with Crippen molar-refractivity contribution in [2.24, 2.45) is 0 Å². The number of amides is 1. The molecule has 1 amide bonds. The van der Waals surface area contributed by atoms with Crippen LogP contribution in [0.2, 0.25) is 0 Å². The Hall–Kier alpha value is -1.22. The Balaban J connectivity index is 2.09. The molecule has 4 heteroatoms. The van der Waals surface area contributed by atoms with Crippen molar-refractivity contribution in [1.29, 1.82) is 0 Å². The van der Waals surface area contributed by atoms with Crippen molar-refractivity contribution >= 4 is 40.1 Å². The molecular weight excluding hydrogens is 333 g/mol. The van der Waals surface area contributed by atoms with Gasteiger partial charge in [0.15, 0.2) is 0 Å². The van der Waals surface area contributed by atoms with Crippen LogP contribution in [-0.4, -0.2) is 25.5 Å². The van der Waals surface area contributed by atoms with Crippen molar-refractivity contribution in [3.05, 3.63) is 60.2 Å². The number of rotatable bonds is 6. The number of carbonyl (C=O) groups is 1. The van der Waals surface area contributed by atoms with E-state index in [9.17, 15) is 4.79 Å². The number of benzene rings is 2. The van der Waals surface area contributed by atoms with E-state index < -0.39 is 0 Å². The molecule has 0 aliphatic rings. The van der Waals surface area contributed by atoms with Gasteiger partial charge in [0.25, 0.3) is 0 Å². The summed E-state index contributed by atoms with van der Waals surface area (Å²) in [6.45, 7) is 2.18. The van der Waals surface area contributed by atoms with Crippen molar-refractivity contribution in [2.45, 2.75) is 13.3 Å². The molecule has 20 heavy (non-hydrogen) atoms. The van der Waals surface area contributed by atoms with Gasteiger partial charge in [-0.1, -0.05) is 0 Å². The summed E-state index contributed by atoms with van der Waals surface area (Å²) in [7, 11) is 1.93. The summed E-state index contributed by atoms with van der Waals surface area (Å²) in [6.07, 6.45) is 1.17. The van der Waals surface area contributed by atoms with Gasteiger partial charge in [0.2, 0.25) is 0 Å². The topological polar surface area (TPSA) is 29.1 Å². The van der Waals surface area contributed by atoms with Gasteiger partial charge in [0, 0.05) is 0 Å². The molecule has 2 aromatic rings. The third-order valence-corrected chi connectivity index (χ3v) is 7.14. The second-order valence-electron chi connectivity index (χ2n) is 4.22. The first-order valence-electron chi connectivity index (χ1n) is 6.56. The molecule has 0 heterocycles. The van der Waals surface area contributed by atoms with Crippen LogP contribution in [0.15, 0.2) is 54.6 Å². The zero-order valence-electron chi connectivity index (χ0n) is 11.3. The van der Waals surface area contributed by atoms with Gasteiger partial charge in [-0.05, 0) is 0 Å². The maximum atomic E-state index is 12.4. The van der Waals surface area contributed by atoms with Gasteiger partial charge in [0.05, 0.1) is 0 Å². The monoisotopic (exact) mass is 351 g/mol. The summed E-state index contributed by atoms with van der Waals surface area (Å²) in [4.78, 5) is 12.4. The van der Waals surface area contributed by atoms with Gasteiger partial charge in [-0.3, -0.25) is 0 Å². The molecule has 104 valence electrons. The summed E-state index contributed by atoms with van der Waals surface area (Å²) in [5.41, 5.74) is 1.63. The van der Waals surface area contributed by atoms with Crippen LogP contribution in [0.1, 0.15) is 23.7 Å². The van der Waals surface area contributed by atoms with E-state index in [-0.39, 0.29) is 5.91 Å². The summed E-state index contributed by atoms with van der Waals surface area (Å²) in [6, 6.07) is 17.5. The normalized spacial score (nSPS) is 10.2. The predicted octanol–water partition coefficient (Wildman–Crippen LogP) is 3.33. The molecule has 0 bridgehead atoms. The van der Waals surface area contributed by atoms with Gasteiger partial charge in [-0.15, -0.1) is 0 Å². The Labute approximate surface area is 129 Å². The number of carbonyl (C=O) groups excluding carboxylic acids is 1. The fourth-order valence-corrected chi connectivity index (χ4v) is 5.95. The van der Waals surface area contributed by atoms with Gasteiger partial charge >= 0.3 is 129 Å². The van der Waals surface area contributed by atoms with E-state index in [2.05, 4.69) is 18.3 Å². The Kier molecular flexibility index (Phi) is 6.19. The molecule has 0 aliphatic heterocycles. The van der Waals surface area contributed by atoms with Gasteiger partial charge in [-0.25, -0.2) is 0 Å². The third-order valence-electron chi connectivity index (χ3n) is 2.60. The third kappa shape index (κ3) is 4.41. The second-order valence-corrected chi connectivity index (χ2v) is 8.49. The molecule has 0 spiro atoms. The van der Waals surface area contributed by atoms with Crippen molar-refractivity contribution in [2.75, 3.05) is 11.1 Å². The minimum atomic E-state index is -0.0224. The van der Waals surface area contributed by atoms with Crippen LogP contribution in [0.3, 0.4) is 0 Å². The Bertz CT molecular complexity index is 559. The zero-order valence-corrected chi connectivity index (χ0v) is 13.9. The fraction of sp³-hybridized carbons (Fsp3) is 0.188. The van der Waals surface area contributed by atoms with Gasteiger partial charge in [0.1, 0.15) is 0 Å². The van der Waals surface area contributed by atoms with E-state index in [4.69, 9.17) is 0 Å². The zero-order chi connectivity index (χ0) is 14.2. The van der Waals surface area contributed by atoms with Crippen molar-refractivity contribution in [3.8, 4) is 0 Å². The molecule has 2 aromatic carbocycles. The van der Waals surface area contributed by atoms with E-state index >= 15 is 0 Å². The molecule has 0 saturated carbocycles. The molecule has 0 aliphatic carbocycles. The quantitative estimate of drug-likeness (QED) is 0.640. The molecule has 1 N–H and O–H groups in total. The Morgan fingerprint density at radius 2 is 1.80 bits per heavy atom. The first-order valence-corrected chi connectivity index (χ1v) is 10.4. The van der Waals surface area contributed by atoms with Crippen molar-refractivity contribution in [1.82, 2.24) is 0 Å². The molecule has 0 atom stereocenters. The van der Waals surface area contributed by atoms with E-state index in [1.54, 1.807) is 0 Å². The van der Waals surface area contributed by atoms with Gasteiger partial charge in [-0.2, -0.15) is 0 Å². The number of hydrogen-bond donors (Lipinski definition) is 1. The summed E-state index contributed by atoms with van der Waals surface area (Å²) in [5, 5.41) is 2.95. The van der Waals surface area contributed by atoms with Gasteiger partial charge < -0.3 is 0 Å². The molecule has 0 aromatic heterocycles. The van der Waals surface area contributed by atoms with Crippen LogP contribution in [0, 0.1) is 0 Å². The molecule has 2 nitrogen and oxygen atoms in total. The molecule has 0 unspecified atom stereocenters. The van der Waals surface area contributed by atoms with E-state index in [0.29, 0.717) is 13.8 Å². The summed E-state index contributed by atoms with van der Waals surface area (Å²) < 4.78 is 1.16. The number of nitrogens with one attached hydrogen (secondary N) is 1. The SMILES string of the molecule is CCCS[Se]c1ccccc1C(=O)Nc1ccccc1. The van der Waals surface area contributed by atoms with E-state index in [1.165, 1.54) is 6.42 Å². The van der Waals surface area contributed by atoms with Crippen molar-refractivity contribution in [3.63, 3.8) is 0 Å². The average molecular weight is 350 g/mol. The number of para-hydroxylation sites is 1.